The largest absolute Gasteiger partial charge is 0.416 e. The molecule has 2 fully saturated rings. The Hall–Kier alpha value is -3.34. The van der Waals surface area contributed by atoms with Crippen LogP contribution in [-0.4, -0.2) is 55.8 Å². The van der Waals surface area contributed by atoms with Gasteiger partial charge in [0.25, 0.3) is 0 Å². The molecule has 2 aliphatic rings. The Bertz CT molecular complexity index is 1020. The van der Waals surface area contributed by atoms with Crippen LogP contribution in [0.1, 0.15) is 31.2 Å². The van der Waals surface area contributed by atoms with E-state index in [1.807, 2.05) is 12.1 Å². The second kappa shape index (κ2) is 10.5. The predicted molar refractivity (Wildman–Crippen MR) is 125 cm³/mol. The third kappa shape index (κ3) is 6.02. The number of piperidine rings is 2. The first-order valence-corrected chi connectivity index (χ1v) is 11.5. The third-order valence-corrected chi connectivity index (χ3v) is 6.36. The van der Waals surface area contributed by atoms with E-state index in [-0.39, 0.29) is 17.7 Å². The van der Waals surface area contributed by atoms with Crippen molar-refractivity contribution in [3.05, 3.63) is 48.2 Å². The molecule has 2 N–H and O–H groups in total. The van der Waals surface area contributed by atoms with Gasteiger partial charge in [-0.2, -0.15) is 13.2 Å². The molecular formula is C24H28F3N5O3. The molecule has 0 saturated carbocycles. The van der Waals surface area contributed by atoms with E-state index in [0.717, 1.165) is 43.9 Å². The van der Waals surface area contributed by atoms with Crippen molar-refractivity contribution in [3.8, 4) is 0 Å². The van der Waals surface area contributed by atoms with E-state index in [0.29, 0.717) is 25.1 Å². The summed E-state index contributed by atoms with van der Waals surface area (Å²) in [5.41, 5.74) is 0.0470. The van der Waals surface area contributed by atoms with Crippen LogP contribution in [0.15, 0.2) is 42.6 Å². The summed E-state index contributed by atoms with van der Waals surface area (Å²) in [5.74, 6) is 0.590. The Morgan fingerprint density at radius 1 is 1.06 bits per heavy atom. The van der Waals surface area contributed by atoms with Crippen LogP contribution in [0.4, 0.5) is 35.2 Å². The number of halogens is 3. The normalized spacial score (nSPS) is 19.5. The van der Waals surface area contributed by atoms with E-state index in [1.54, 1.807) is 18.2 Å². The fourth-order valence-electron chi connectivity index (χ4n) is 4.38. The number of urea groups is 1. The molecule has 0 bridgehead atoms. The molecule has 3 amide bonds. The summed E-state index contributed by atoms with van der Waals surface area (Å²) in [7, 11) is 1.73. The number of hydrogen-bond donors (Lipinski definition) is 2. The summed E-state index contributed by atoms with van der Waals surface area (Å²) < 4.78 is 43.5. The maximum atomic E-state index is 13.0. The number of rotatable bonds is 5. The van der Waals surface area contributed by atoms with Gasteiger partial charge in [-0.25, -0.2) is 9.78 Å². The number of aromatic nitrogens is 1. The number of alkyl halides is 3. The zero-order chi connectivity index (χ0) is 25.0. The molecule has 3 heterocycles. The molecule has 1 atom stereocenters. The first-order chi connectivity index (χ1) is 16.7. The van der Waals surface area contributed by atoms with Gasteiger partial charge in [-0.1, -0.05) is 0 Å². The van der Waals surface area contributed by atoms with Gasteiger partial charge < -0.3 is 25.2 Å². The fourth-order valence-corrected chi connectivity index (χ4v) is 4.38. The van der Waals surface area contributed by atoms with Gasteiger partial charge in [0.15, 0.2) is 0 Å². The van der Waals surface area contributed by atoms with Crippen molar-refractivity contribution in [1.82, 2.24) is 10.3 Å². The number of amides is 3. The number of anilines is 3. The van der Waals surface area contributed by atoms with Crippen LogP contribution in [-0.2, 0) is 15.7 Å². The van der Waals surface area contributed by atoms with E-state index in [1.165, 1.54) is 12.1 Å². The standard InChI is InChI=1S/C24H28F3N5O3/c1-35-19-10-13-31(14-11-19)21-9-8-18(15-28-21)32-12-2-3-20(22(32)33)30-23(34)29-17-6-4-16(5-7-17)24(25,26)27/h4-9,15,19-20H,2-3,10-14H2,1H3,(H2,29,30,34)/t20-/m1/s1. The second-order valence-electron chi connectivity index (χ2n) is 8.65. The van der Waals surface area contributed by atoms with Crippen molar-refractivity contribution < 1.29 is 27.5 Å². The number of ether oxygens (including phenoxy) is 1. The van der Waals surface area contributed by atoms with Crippen molar-refractivity contribution in [2.75, 3.05) is 41.9 Å². The van der Waals surface area contributed by atoms with Crippen LogP contribution in [0.2, 0.25) is 0 Å². The molecule has 8 nitrogen and oxygen atoms in total. The number of hydrogen-bond acceptors (Lipinski definition) is 5. The number of nitrogens with one attached hydrogen (secondary N) is 2. The van der Waals surface area contributed by atoms with Crippen LogP contribution >= 0.6 is 0 Å². The first kappa shape index (κ1) is 24.8. The molecule has 0 aliphatic carbocycles. The Balaban J connectivity index is 1.34. The number of benzene rings is 1. The molecule has 0 radical (unpaired) electrons. The van der Waals surface area contributed by atoms with Crippen molar-refractivity contribution in [3.63, 3.8) is 0 Å². The van der Waals surface area contributed by atoms with E-state index in [2.05, 4.69) is 20.5 Å². The van der Waals surface area contributed by atoms with E-state index in [9.17, 15) is 22.8 Å². The van der Waals surface area contributed by atoms with Crippen molar-refractivity contribution in [1.29, 1.82) is 0 Å². The Morgan fingerprint density at radius 2 is 1.77 bits per heavy atom. The van der Waals surface area contributed by atoms with Crippen molar-refractivity contribution >= 4 is 29.1 Å². The summed E-state index contributed by atoms with van der Waals surface area (Å²) in [4.78, 5) is 33.7. The molecule has 188 valence electrons. The maximum Gasteiger partial charge on any atom is 0.416 e. The van der Waals surface area contributed by atoms with Crippen molar-refractivity contribution in [2.24, 2.45) is 0 Å². The molecule has 2 saturated heterocycles. The highest BCUT2D eigenvalue weighted by atomic mass is 19.4. The van der Waals surface area contributed by atoms with Gasteiger partial charge in [-0.15, -0.1) is 0 Å². The summed E-state index contributed by atoms with van der Waals surface area (Å²) in [6.07, 6.45) is 0.516. The number of pyridine rings is 1. The molecular weight excluding hydrogens is 463 g/mol. The van der Waals surface area contributed by atoms with Crippen molar-refractivity contribution in [2.45, 2.75) is 44.0 Å². The van der Waals surface area contributed by atoms with Crippen LogP contribution in [0.5, 0.6) is 0 Å². The molecule has 2 aromatic rings. The number of carbonyl (C=O) groups is 2. The number of nitrogens with zero attached hydrogens (tertiary/aromatic N) is 3. The lowest BCUT2D eigenvalue weighted by Gasteiger charge is -2.34. The third-order valence-electron chi connectivity index (χ3n) is 6.36. The van der Waals surface area contributed by atoms with Crippen LogP contribution in [0, 0.1) is 0 Å². The lowest BCUT2D eigenvalue weighted by Crippen LogP contribution is -2.53. The lowest BCUT2D eigenvalue weighted by molar-refractivity contribution is -0.137. The Labute approximate surface area is 201 Å². The van der Waals surface area contributed by atoms with E-state index < -0.39 is 23.8 Å². The van der Waals surface area contributed by atoms with Gasteiger partial charge in [0.2, 0.25) is 5.91 Å². The zero-order valence-corrected chi connectivity index (χ0v) is 19.3. The highest BCUT2D eigenvalue weighted by Crippen LogP contribution is 2.30. The highest BCUT2D eigenvalue weighted by Gasteiger charge is 2.32. The summed E-state index contributed by atoms with van der Waals surface area (Å²) in [6.45, 7) is 2.22. The minimum absolute atomic E-state index is 0.199. The van der Waals surface area contributed by atoms with Gasteiger partial charge in [0, 0.05) is 32.4 Å². The number of carbonyl (C=O) groups excluding carboxylic acids is 2. The molecule has 0 spiro atoms. The molecule has 2 aliphatic heterocycles. The minimum atomic E-state index is -4.45. The summed E-state index contributed by atoms with van der Waals surface area (Å²) >= 11 is 0. The monoisotopic (exact) mass is 491 g/mol. The van der Waals surface area contributed by atoms with Gasteiger partial charge in [0.05, 0.1) is 23.6 Å². The smallest absolute Gasteiger partial charge is 0.381 e. The molecule has 4 rings (SSSR count). The SMILES string of the molecule is COC1CCN(c2ccc(N3CCC[C@@H](NC(=O)Nc4ccc(C(F)(F)F)cc4)C3=O)cn2)CC1. The zero-order valence-electron chi connectivity index (χ0n) is 19.3. The molecule has 1 aromatic heterocycles. The summed E-state index contributed by atoms with van der Waals surface area (Å²) in [6, 6.07) is 6.46. The van der Waals surface area contributed by atoms with E-state index in [4.69, 9.17) is 4.74 Å². The van der Waals surface area contributed by atoms with Crippen LogP contribution < -0.4 is 20.4 Å². The topological polar surface area (TPSA) is 86.8 Å². The average molecular weight is 492 g/mol. The van der Waals surface area contributed by atoms with Gasteiger partial charge in [-0.05, 0) is 62.1 Å². The van der Waals surface area contributed by atoms with Gasteiger partial charge >= 0.3 is 12.2 Å². The number of methoxy groups -OCH3 is 1. The van der Waals surface area contributed by atoms with Crippen LogP contribution in [0.3, 0.4) is 0 Å². The lowest BCUT2D eigenvalue weighted by atomic mass is 10.0. The molecule has 1 aromatic carbocycles. The van der Waals surface area contributed by atoms with Crippen LogP contribution in [0.25, 0.3) is 0 Å². The van der Waals surface area contributed by atoms with Gasteiger partial charge in [-0.3, -0.25) is 4.79 Å². The minimum Gasteiger partial charge on any atom is -0.381 e. The second-order valence-corrected chi connectivity index (χ2v) is 8.65. The predicted octanol–water partition coefficient (Wildman–Crippen LogP) is 4.03. The molecule has 11 heteroatoms. The summed E-state index contributed by atoms with van der Waals surface area (Å²) in [5, 5.41) is 5.11. The Kier molecular flexibility index (Phi) is 7.44. The quantitative estimate of drug-likeness (QED) is 0.660. The van der Waals surface area contributed by atoms with E-state index >= 15 is 0 Å². The Morgan fingerprint density at radius 3 is 2.37 bits per heavy atom. The maximum absolute atomic E-state index is 13.0. The fraction of sp³-hybridized carbons (Fsp3) is 0.458. The van der Waals surface area contributed by atoms with Gasteiger partial charge in [0.1, 0.15) is 11.9 Å². The molecule has 0 unspecified atom stereocenters. The highest BCUT2D eigenvalue weighted by molar-refractivity contribution is 6.01. The first-order valence-electron chi connectivity index (χ1n) is 11.5. The average Bonchev–Trinajstić information content (AvgIpc) is 2.85. The molecule has 35 heavy (non-hydrogen) atoms.